The van der Waals surface area contributed by atoms with Crippen molar-refractivity contribution in [3.63, 3.8) is 0 Å². The predicted octanol–water partition coefficient (Wildman–Crippen LogP) is 4.56. The van der Waals surface area contributed by atoms with Crippen LogP contribution in [0.5, 0.6) is 0 Å². The summed E-state index contributed by atoms with van der Waals surface area (Å²) in [4.78, 5) is 14.9. The minimum absolute atomic E-state index is 0.334. The molecule has 2 N–H and O–H groups in total. The van der Waals surface area contributed by atoms with Crippen LogP contribution < -0.4 is 5.73 Å². The normalized spacial score (nSPS) is 13.5. The van der Waals surface area contributed by atoms with Crippen LogP contribution in [0.15, 0.2) is 29.2 Å². The molecular formula is C16H17NO2S2. The van der Waals surface area contributed by atoms with Crippen LogP contribution in [0.3, 0.4) is 0 Å². The van der Waals surface area contributed by atoms with Crippen molar-refractivity contribution in [2.45, 2.75) is 37.0 Å². The van der Waals surface area contributed by atoms with E-state index in [1.807, 2.05) is 39.0 Å². The number of carbonyl (C=O) groups excluding carboxylic acids is 1. The summed E-state index contributed by atoms with van der Waals surface area (Å²) >= 11 is 3.27. The Morgan fingerprint density at radius 2 is 2.00 bits per heavy atom. The number of carbonyl (C=O) groups is 1. The third-order valence-electron chi connectivity index (χ3n) is 3.13. The van der Waals surface area contributed by atoms with Crippen LogP contribution in [-0.2, 0) is 10.5 Å². The highest BCUT2D eigenvalue weighted by Gasteiger charge is 2.30. The molecule has 0 aliphatic carbocycles. The lowest BCUT2D eigenvalue weighted by Crippen LogP contribution is -2.24. The maximum Gasteiger partial charge on any atom is 0.342 e. The fourth-order valence-corrected chi connectivity index (χ4v) is 4.57. The number of hydrogen-bond donors (Lipinski definition) is 1. The second-order valence-corrected chi connectivity index (χ2v) is 8.08. The first-order valence-corrected chi connectivity index (χ1v) is 8.54. The number of ether oxygens (including phenoxy) is 1. The van der Waals surface area contributed by atoms with E-state index in [2.05, 4.69) is 6.07 Å². The molecule has 0 bridgehead atoms. The van der Waals surface area contributed by atoms with E-state index in [0.29, 0.717) is 10.6 Å². The Balaban J connectivity index is 2.13. The van der Waals surface area contributed by atoms with Crippen LogP contribution in [0.1, 0.15) is 36.0 Å². The standard InChI is InChI=1S/C16H17NO2S2/c1-16(2,3)19-15(18)13-12-9-6-4-5-7-10(9)20-8-11(12)21-14(13)17/h4-7H,8,17H2,1-3H3. The lowest BCUT2D eigenvalue weighted by molar-refractivity contribution is 0.00721. The zero-order chi connectivity index (χ0) is 15.2. The molecule has 2 aromatic rings. The van der Waals surface area contributed by atoms with Gasteiger partial charge in [-0.1, -0.05) is 18.2 Å². The molecule has 0 unspecified atom stereocenters. The number of benzene rings is 1. The highest BCUT2D eigenvalue weighted by atomic mass is 32.2. The molecule has 5 heteroatoms. The van der Waals surface area contributed by atoms with Gasteiger partial charge < -0.3 is 10.5 Å². The van der Waals surface area contributed by atoms with Crippen LogP contribution >= 0.6 is 23.1 Å². The second kappa shape index (κ2) is 5.07. The van der Waals surface area contributed by atoms with Gasteiger partial charge in [-0.05, 0) is 32.4 Å². The van der Waals surface area contributed by atoms with Crippen LogP contribution in [-0.4, -0.2) is 11.6 Å². The molecule has 0 saturated heterocycles. The minimum Gasteiger partial charge on any atom is -0.456 e. The molecule has 2 heterocycles. The summed E-state index contributed by atoms with van der Waals surface area (Å²) in [5.41, 5.74) is 8.15. The number of thioether (sulfide) groups is 1. The Morgan fingerprint density at radius 1 is 1.29 bits per heavy atom. The molecule has 0 atom stereocenters. The van der Waals surface area contributed by atoms with Gasteiger partial charge in [-0.15, -0.1) is 23.1 Å². The molecule has 1 aliphatic rings. The van der Waals surface area contributed by atoms with E-state index in [0.717, 1.165) is 21.8 Å². The van der Waals surface area contributed by atoms with Gasteiger partial charge in [0.2, 0.25) is 0 Å². The van der Waals surface area contributed by atoms with E-state index in [-0.39, 0.29) is 5.97 Å². The Bertz CT molecular complexity index is 714. The Hall–Kier alpha value is -1.46. The van der Waals surface area contributed by atoms with E-state index in [4.69, 9.17) is 10.5 Å². The Labute approximate surface area is 132 Å². The van der Waals surface area contributed by atoms with Crippen molar-refractivity contribution in [2.24, 2.45) is 0 Å². The van der Waals surface area contributed by atoms with Gasteiger partial charge in [0.05, 0.1) is 0 Å². The SMILES string of the molecule is CC(C)(C)OC(=O)c1c(N)sc2c1-c1ccccc1SC2. The first-order chi connectivity index (χ1) is 9.87. The third kappa shape index (κ3) is 2.68. The van der Waals surface area contributed by atoms with E-state index in [1.54, 1.807) is 11.8 Å². The number of thiophene rings is 1. The molecule has 0 spiro atoms. The Morgan fingerprint density at radius 3 is 2.71 bits per heavy atom. The number of esters is 1. The number of rotatable bonds is 1. The van der Waals surface area contributed by atoms with Crippen molar-refractivity contribution in [2.75, 3.05) is 5.73 Å². The van der Waals surface area contributed by atoms with Crippen LogP contribution in [0.4, 0.5) is 5.00 Å². The topological polar surface area (TPSA) is 52.3 Å². The molecular weight excluding hydrogens is 302 g/mol. The summed E-state index contributed by atoms with van der Waals surface area (Å²) in [5.74, 6) is 0.517. The van der Waals surface area contributed by atoms with Crippen LogP contribution in [0, 0.1) is 0 Å². The second-order valence-electron chi connectivity index (χ2n) is 5.93. The summed E-state index contributed by atoms with van der Waals surface area (Å²) in [6.07, 6.45) is 0. The summed E-state index contributed by atoms with van der Waals surface area (Å²) in [5, 5.41) is 0.548. The maximum absolute atomic E-state index is 12.5. The maximum atomic E-state index is 12.5. The molecule has 0 fully saturated rings. The first-order valence-electron chi connectivity index (χ1n) is 6.73. The summed E-state index contributed by atoms with van der Waals surface area (Å²) in [7, 11) is 0. The molecule has 1 aromatic heterocycles. The van der Waals surface area contributed by atoms with Crippen molar-refractivity contribution in [3.05, 3.63) is 34.7 Å². The van der Waals surface area contributed by atoms with Gasteiger partial charge in [0.15, 0.2) is 0 Å². The van der Waals surface area contributed by atoms with Gasteiger partial charge in [-0.3, -0.25) is 0 Å². The molecule has 1 aromatic carbocycles. The minimum atomic E-state index is -0.527. The van der Waals surface area contributed by atoms with E-state index in [1.165, 1.54) is 16.2 Å². The molecule has 21 heavy (non-hydrogen) atoms. The fourth-order valence-electron chi connectivity index (χ4n) is 2.36. The highest BCUT2D eigenvalue weighted by Crippen LogP contribution is 2.49. The zero-order valence-electron chi connectivity index (χ0n) is 12.2. The number of hydrogen-bond acceptors (Lipinski definition) is 5. The van der Waals surface area contributed by atoms with Gasteiger partial charge in [0.1, 0.15) is 16.2 Å². The molecule has 3 rings (SSSR count). The predicted molar refractivity (Wildman–Crippen MR) is 88.9 cm³/mol. The fraction of sp³-hybridized carbons (Fsp3) is 0.312. The molecule has 0 radical (unpaired) electrons. The van der Waals surface area contributed by atoms with E-state index in [9.17, 15) is 4.79 Å². The largest absolute Gasteiger partial charge is 0.456 e. The summed E-state index contributed by atoms with van der Waals surface area (Å²) < 4.78 is 5.52. The van der Waals surface area contributed by atoms with Crippen molar-refractivity contribution < 1.29 is 9.53 Å². The number of anilines is 1. The van der Waals surface area contributed by atoms with Crippen molar-refractivity contribution in [1.29, 1.82) is 0 Å². The summed E-state index contributed by atoms with van der Waals surface area (Å²) in [6.45, 7) is 5.59. The first kappa shape index (κ1) is 14.5. The van der Waals surface area contributed by atoms with E-state index >= 15 is 0 Å². The smallest absolute Gasteiger partial charge is 0.342 e. The highest BCUT2D eigenvalue weighted by molar-refractivity contribution is 7.98. The van der Waals surface area contributed by atoms with Crippen molar-refractivity contribution in [3.8, 4) is 11.1 Å². The molecule has 0 amide bonds. The van der Waals surface area contributed by atoms with Crippen molar-refractivity contribution in [1.82, 2.24) is 0 Å². The molecule has 3 nitrogen and oxygen atoms in total. The van der Waals surface area contributed by atoms with Gasteiger partial charge >= 0.3 is 5.97 Å². The lowest BCUT2D eigenvalue weighted by atomic mass is 10.0. The molecule has 110 valence electrons. The monoisotopic (exact) mass is 319 g/mol. The molecule has 1 aliphatic heterocycles. The van der Waals surface area contributed by atoms with Gasteiger partial charge in [0, 0.05) is 21.1 Å². The summed E-state index contributed by atoms with van der Waals surface area (Å²) in [6, 6.07) is 8.12. The third-order valence-corrected chi connectivity index (χ3v) is 5.43. The molecule has 0 saturated carbocycles. The number of nitrogens with two attached hydrogens (primary N) is 1. The zero-order valence-corrected chi connectivity index (χ0v) is 13.9. The number of nitrogen functional groups attached to an aromatic ring is 1. The van der Waals surface area contributed by atoms with Gasteiger partial charge in [-0.2, -0.15) is 0 Å². The van der Waals surface area contributed by atoms with Crippen LogP contribution in [0.25, 0.3) is 11.1 Å². The average molecular weight is 319 g/mol. The van der Waals surface area contributed by atoms with Crippen LogP contribution in [0.2, 0.25) is 0 Å². The van der Waals surface area contributed by atoms with Gasteiger partial charge in [0.25, 0.3) is 0 Å². The van der Waals surface area contributed by atoms with Crippen molar-refractivity contribution >= 4 is 34.1 Å². The van der Waals surface area contributed by atoms with Gasteiger partial charge in [-0.25, -0.2) is 4.79 Å². The quantitative estimate of drug-likeness (QED) is 0.783. The average Bonchev–Trinajstić information content (AvgIpc) is 2.73. The lowest BCUT2D eigenvalue weighted by Gasteiger charge is -2.21. The Kier molecular flexibility index (Phi) is 3.50. The number of fused-ring (bicyclic) bond motifs is 3. The van der Waals surface area contributed by atoms with E-state index < -0.39 is 5.60 Å².